The quantitative estimate of drug-likeness (QED) is 0.730. The van der Waals surface area contributed by atoms with E-state index in [0.29, 0.717) is 25.9 Å². The van der Waals surface area contributed by atoms with Crippen molar-refractivity contribution in [2.75, 3.05) is 20.2 Å². The second-order valence-corrected chi connectivity index (χ2v) is 9.34. The van der Waals surface area contributed by atoms with Crippen LogP contribution in [0.3, 0.4) is 0 Å². The molecule has 138 valence electrons. The van der Waals surface area contributed by atoms with Gasteiger partial charge in [-0.05, 0) is 44.4 Å². The number of methoxy groups -OCH3 is 1. The topological polar surface area (TPSA) is 79.8 Å². The minimum atomic E-state index is -3.24. The van der Waals surface area contributed by atoms with Gasteiger partial charge in [-0.1, -0.05) is 0 Å². The fourth-order valence-electron chi connectivity index (χ4n) is 3.69. The van der Waals surface area contributed by atoms with E-state index >= 15 is 0 Å². The number of hydrogen-bond acceptors (Lipinski definition) is 5. The first-order valence-electron chi connectivity index (χ1n) is 8.61. The number of β-lactam (4-membered cyclic amide) rings is 1. The largest absolute Gasteiger partial charge is 0.369 e. The maximum atomic E-state index is 12.5. The van der Waals surface area contributed by atoms with E-state index in [0.717, 1.165) is 5.56 Å². The molecular formula is C17H25N3O4S. The lowest BCUT2D eigenvalue weighted by Crippen LogP contribution is -2.64. The zero-order valence-corrected chi connectivity index (χ0v) is 15.6. The van der Waals surface area contributed by atoms with Crippen molar-refractivity contribution in [3.8, 4) is 0 Å². The van der Waals surface area contributed by atoms with E-state index in [1.165, 1.54) is 0 Å². The van der Waals surface area contributed by atoms with E-state index in [9.17, 15) is 13.2 Å². The average Bonchev–Trinajstić information content (AvgIpc) is 2.61. The number of likely N-dealkylation sites (tertiary alicyclic amines) is 1. The Morgan fingerprint density at radius 1 is 1.20 bits per heavy atom. The van der Waals surface area contributed by atoms with Crippen LogP contribution in [0.5, 0.6) is 0 Å². The number of ether oxygens (including phenoxy) is 1. The van der Waals surface area contributed by atoms with Gasteiger partial charge in [-0.25, -0.2) is 12.7 Å². The van der Waals surface area contributed by atoms with Gasteiger partial charge in [0.05, 0.1) is 11.3 Å². The maximum Gasteiger partial charge on any atom is 0.255 e. The number of piperidine rings is 1. The fourth-order valence-corrected chi connectivity index (χ4v) is 5.00. The van der Waals surface area contributed by atoms with E-state index < -0.39 is 21.4 Å². The molecule has 3 heterocycles. The summed E-state index contributed by atoms with van der Waals surface area (Å²) in [4.78, 5) is 18.4. The molecule has 2 atom stereocenters. The zero-order chi connectivity index (χ0) is 18.2. The lowest BCUT2D eigenvalue weighted by Gasteiger charge is -2.52. The second-order valence-electron chi connectivity index (χ2n) is 6.85. The Hall–Kier alpha value is -1.51. The Labute approximate surface area is 149 Å². The summed E-state index contributed by atoms with van der Waals surface area (Å²) in [5.74, 6) is -0.0190. The highest BCUT2D eigenvalue weighted by Gasteiger charge is 2.52. The number of carbonyl (C=O) groups excluding carboxylic acids is 1. The van der Waals surface area contributed by atoms with E-state index in [-0.39, 0.29) is 18.0 Å². The zero-order valence-electron chi connectivity index (χ0n) is 14.8. The van der Waals surface area contributed by atoms with Gasteiger partial charge in [0.15, 0.2) is 6.10 Å². The first-order chi connectivity index (χ1) is 11.9. The Morgan fingerprint density at radius 3 is 2.32 bits per heavy atom. The Balaban J connectivity index is 1.73. The number of nitrogens with zero attached hydrogens (tertiary/aromatic N) is 3. The third kappa shape index (κ3) is 3.18. The predicted molar refractivity (Wildman–Crippen MR) is 93.3 cm³/mol. The van der Waals surface area contributed by atoms with Gasteiger partial charge >= 0.3 is 0 Å². The highest BCUT2D eigenvalue weighted by atomic mass is 32.2. The first-order valence-corrected chi connectivity index (χ1v) is 10.1. The van der Waals surface area contributed by atoms with Crippen molar-refractivity contribution in [1.82, 2.24) is 14.2 Å². The first kappa shape index (κ1) is 18.3. The van der Waals surface area contributed by atoms with Crippen LogP contribution in [0.4, 0.5) is 0 Å². The van der Waals surface area contributed by atoms with Crippen molar-refractivity contribution < 1.29 is 17.9 Å². The lowest BCUT2D eigenvalue weighted by atomic mass is 9.87. The third-order valence-electron chi connectivity index (χ3n) is 5.16. The summed E-state index contributed by atoms with van der Waals surface area (Å²) in [7, 11) is -1.69. The molecule has 2 fully saturated rings. The Kier molecular flexibility index (Phi) is 5.13. The number of carbonyl (C=O) groups is 1. The van der Waals surface area contributed by atoms with E-state index in [2.05, 4.69) is 4.98 Å². The van der Waals surface area contributed by atoms with Crippen molar-refractivity contribution in [3.63, 3.8) is 0 Å². The summed E-state index contributed by atoms with van der Waals surface area (Å²) in [6.07, 6.45) is 4.24. The van der Waals surface area contributed by atoms with Crippen LogP contribution >= 0.6 is 0 Å². The van der Waals surface area contributed by atoms with Gasteiger partial charge in [0.2, 0.25) is 10.0 Å². The summed E-state index contributed by atoms with van der Waals surface area (Å²) in [5, 5.41) is -0.419. The van der Waals surface area contributed by atoms with Crippen LogP contribution in [0, 0.1) is 0 Å². The van der Waals surface area contributed by atoms with Crippen LogP contribution in [0.2, 0.25) is 0 Å². The van der Waals surface area contributed by atoms with Gasteiger partial charge in [-0.15, -0.1) is 0 Å². The van der Waals surface area contributed by atoms with Gasteiger partial charge < -0.3 is 9.64 Å². The van der Waals surface area contributed by atoms with Crippen molar-refractivity contribution >= 4 is 15.9 Å². The molecule has 8 heteroatoms. The summed E-state index contributed by atoms with van der Waals surface area (Å²) >= 11 is 0. The standard InChI is InChI=1S/C17H25N3O4S/c1-12(2)25(22,23)19-10-6-14(7-11-19)20-15(16(24-3)17(20)21)13-4-8-18-9-5-13/h4-5,8-9,12,14-16H,6-7,10-11H2,1-3H3/t15-,16+/m0/s1. The minimum absolute atomic E-state index is 0.0190. The summed E-state index contributed by atoms with van der Waals surface area (Å²) in [6.45, 7) is 4.30. The molecule has 2 aliphatic heterocycles. The number of sulfonamides is 1. The molecule has 1 aromatic heterocycles. The molecule has 0 radical (unpaired) electrons. The highest BCUT2D eigenvalue weighted by Crippen LogP contribution is 2.40. The second kappa shape index (κ2) is 7.01. The number of pyridine rings is 1. The molecule has 0 bridgehead atoms. The molecule has 7 nitrogen and oxygen atoms in total. The molecule has 3 rings (SSSR count). The predicted octanol–water partition coefficient (Wildman–Crippen LogP) is 1.18. The van der Waals surface area contributed by atoms with Gasteiger partial charge in [-0.3, -0.25) is 9.78 Å². The van der Waals surface area contributed by atoms with Crippen molar-refractivity contribution in [3.05, 3.63) is 30.1 Å². The molecule has 25 heavy (non-hydrogen) atoms. The highest BCUT2D eigenvalue weighted by molar-refractivity contribution is 7.89. The molecule has 0 unspecified atom stereocenters. The molecule has 1 aromatic rings. The number of aromatic nitrogens is 1. The molecule has 0 spiro atoms. The van der Waals surface area contributed by atoms with Crippen molar-refractivity contribution in [2.24, 2.45) is 0 Å². The molecule has 0 aliphatic carbocycles. The van der Waals surface area contributed by atoms with Crippen LogP contribution in [-0.4, -0.2) is 66.1 Å². The van der Waals surface area contributed by atoms with Gasteiger partial charge in [0, 0.05) is 38.6 Å². The Morgan fingerprint density at radius 2 is 1.80 bits per heavy atom. The van der Waals surface area contributed by atoms with Crippen LogP contribution in [0.25, 0.3) is 0 Å². The molecular weight excluding hydrogens is 342 g/mol. The molecule has 1 amide bonds. The molecule has 2 aliphatic rings. The van der Waals surface area contributed by atoms with Crippen LogP contribution in [0.1, 0.15) is 38.3 Å². The summed E-state index contributed by atoms with van der Waals surface area (Å²) < 4.78 is 31.5. The number of amides is 1. The number of rotatable bonds is 5. The molecule has 2 saturated heterocycles. The number of hydrogen-bond donors (Lipinski definition) is 0. The third-order valence-corrected chi connectivity index (χ3v) is 7.43. The van der Waals surface area contributed by atoms with Gasteiger partial charge in [-0.2, -0.15) is 0 Å². The summed E-state index contributed by atoms with van der Waals surface area (Å²) in [6, 6.07) is 3.71. The van der Waals surface area contributed by atoms with Crippen molar-refractivity contribution in [1.29, 1.82) is 0 Å². The summed E-state index contributed by atoms with van der Waals surface area (Å²) in [5.41, 5.74) is 0.999. The fraction of sp³-hybridized carbons (Fsp3) is 0.647. The van der Waals surface area contributed by atoms with Gasteiger partial charge in [0.1, 0.15) is 0 Å². The molecule has 0 N–H and O–H groups in total. The SMILES string of the molecule is CO[C@H]1C(=O)N(C2CCN(S(=O)(=O)C(C)C)CC2)[C@H]1c1ccncc1. The van der Waals surface area contributed by atoms with E-state index in [1.807, 2.05) is 17.0 Å². The van der Waals surface area contributed by atoms with E-state index in [4.69, 9.17) is 4.74 Å². The Bertz CT molecular complexity index is 715. The monoisotopic (exact) mass is 367 g/mol. The molecule has 0 saturated carbocycles. The van der Waals surface area contributed by atoms with E-state index in [1.54, 1.807) is 37.7 Å². The minimum Gasteiger partial charge on any atom is -0.369 e. The van der Waals surface area contributed by atoms with Gasteiger partial charge in [0.25, 0.3) is 5.91 Å². The van der Waals surface area contributed by atoms with Crippen LogP contribution in [-0.2, 0) is 19.6 Å². The average molecular weight is 367 g/mol. The smallest absolute Gasteiger partial charge is 0.255 e. The van der Waals surface area contributed by atoms with Crippen LogP contribution in [0.15, 0.2) is 24.5 Å². The maximum absolute atomic E-state index is 12.5. The normalized spacial score (nSPS) is 26.1. The lowest BCUT2D eigenvalue weighted by molar-refractivity contribution is -0.178. The van der Waals surface area contributed by atoms with Crippen LogP contribution < -0.4 is 0 Å². The van der Waals surface area contributed by atoms with Crippen molar-refractivity contribution in [2.45, 2.75) is 50.1 Å². The molecule has 0 aromatic carbocycles.